The first-order chi connectivity index (χ1) is 6.98. The van der Waals surface area contributed by atoms with Crippen LogP contribution in [0.5, 0.6) is 0 Å². The van der Waals surface area contributed by atoms with Gasteiger partial charge in [-0.15, -0.1) is 11.6 Å². The molecule has 0 aromatic heterocycles. The second-order valence-electron chi connectivity index (χ2n) is 3.87. The third-order valence-electron chi connectivity index (χ3n) is 2.63. The Hall–Kier alpha value is -0.290. The minimum absolute atomic E-state index is 0.0163. The van der Waals surface area contributed by atoms with E-state index in [2.05, 4.69) is 5.32 Å². The molecule has 0 radical (unpaired) electrons. The second kappa shape index (κ2) is 5.16. The Bertz CT molecular complexity index is 324. The summed E-state index contributed by atoms with van der Waals surface area (Å²) in [5.74, 6) is -0.0852. The molecule has 1 amide bonds. The number of sulfone groups is 1. The quantitative estimate of drug-likeness (QED) is 0.745. The SMILES string of the molecule is CCC(CCl)NC(=O)C1CCS(=O)(=O)C1. The average Bonchev–Trinajstić information content (AvgIpc) is 2.55. The van der Waals surface area contributed by atoms with Crippen LogP contribution >= 0.6 is 11.6 Å². The van der Waals surface area contributed by atoms with E-state index in [0.29, 0.717) is 12.3 Å². The van der Waals surface area contributed by atoms with Gasteiger partial charge in [0.2, 0.25) is 5.91 Å². The van der Waals surface area contributed by atoms with Crippen molar-refractivity contribution in [3.05, 3.63) is 0 Å². The van der Waals surface area contributed by atoms with Crippen molar-refractivity contribution in [3.8, 4) is 0 Å². The third-order valence-corrected chi connectivity index (χ3v) is 4.77. The topological polar surface area (TPSA) is 63.2 Å². The Morgan fingerprint density at radius 2 is 2.27 bits per heavy atom. The number of rotatable bonds is 4. The maximum atomic E-state index is 11.6. The summed E-state index contributed by atoms with van der Waals surface area (Å²) in [4.78, 5) is 11.6. The molecule has 1 aliphatic rings. The summed E-state index contributed by atoms with van der Waals surface area (Å²) in [6.07, 6.45) is 1.20. The van der Waals surface area contributed by atoms with Crippen molar-refractivity contribution in [3.63, 3.8) is 0 Å². The lowest BCUT2D eigenvalue weighted by Gasteiger charge is -2.16. The molecule has 1 heterocycles. The van der Waals surface area contributed by atoms with Gasteiger partial charge >= 0.3 is 0 Å². The van der Waals surface area contributed by atoms with E-state index >= 15 is 0 Å². The van der Waals surface area contributed by atoms with Gasteiger partial charge in [0.15, 0.2) is 9.84 Å². The standard InChI is InChI=1S/C9H16ClNO3S/c1-2-8(5-10)11-9(12)7-3-4-15(13,14)6-7/h7-8H,2-6H2,1H3,(H,11,12). The molecule has 2 atom stereocenters. The predicted molar refractivity (Wildman–Crippen MR) is 59.7 cm³/mol. The average molecular weight is 254 g/mol. The highest BCUT2D eigenvalue weighted by atomic mass is 35.5. The lowest BCUT2D eigenvalue weighted by Crippen LogP contribution is -2.40. The normalized spacial score (nSPS) is 26.1. The summed E-state index contributed by atoms with van der Waals surface area (Å²) in [6, 6.07) is -0.0533. The summed E-state index contributed by atoms with van der Waals surface area (Å²) in [5, 5.41) is 2.76. The number of hydrogen-bond acceptors (Lipinski definition) is 3. The maximum Gasteiger partial charge on any atom is 0.224 e. The van der Waals surface area contributed by atoms with Gasteiger partial charge in [-0.1, -0.05) is 6.92 Å². The van der Waals surface area contributed by atoms with Crippen molar-refractivity contribution in [2.45, 2.75) is 25.8 Å². The molecule has 2 unspecified atom stereocenters. The molecular weight excluding hydrogens is 238 g/mol. The van der Waals surface area contributed by atoms with Crippen LogP contribution in [0.25, 0.3) is 0 Å². The van der Waals surface area contributed by atoms with E-state index in [0.717, 1.165) is 6.42 Å². The number of amides is 1. The zero-order chi connectivity index (χ0) is 11.5. The second-order valence-corrected chi connectivity index (χ2v) is 6.41. The van der Waals surface area contributed by atoms with Crippen LogP contribution in [0.4, 0.5) is 0 Å². The highest BCUT2D eigenvalue weighted by Gasteiger charge is 2.33. The van der Waals surface area contributed by atoms with Crippen LogP contribution in [-0.4, -0.2) is 37.8 Å². The smallest absolute Gasteiger partial charge is 0.224 e. The summed E-state index contributed by atoms with van der Waals surface area (Å²) in [7, 11) is -2.98. The summed E-state index contributed by atoms with van der Waals surface area (Å²) in [6.45, 7) is 1.93. The van der Waals surface area contributed by atoms with Gasteiger partial charge in [-0.25, -0.2) is 8.42 Å². The molecule has 1 fully saturated rings. The molecule has 6 heteroatoms. The van der Waals surface area contributed by atoms with Crippen LogP contribution in [-0.2, 0) is 14.6 Å². The van der Waals surface area contributed by atoms with Crippen LogP contribution in [0.1, 0.15) is 19.8 Å². The van der Waals surface area contributed by atoms with Crippen molar-refractivity contribution >= 4 is 27.3 Å². The molecular formula is C9H16ClNO3S. The molecule has 0 aliphatic carbocycles. The predicted octanol–water partition coefficient (Wildman–Crippen LogP) is 0.555. The molecule has 88 valence electrons. The van der Waals surface area contributed by atoms with Crippen LogP contribution in [0.3, 0.4) is 0 Å². The van der Waals surface area contributed by atoms with E-state index in [1.54, 1.807) is 0 Å². The van der Waals surface area contributed by atoms with Crippen molar-refractivity contribution in [2.75, 3.05) is 17.4 Å². The number of hydrogen-bond donors (Lipinski definition) is 1. The first-order valence-electron chi connectivity index (χ1n) is 5.05. The summed E-state index contributed by atoms with van der Waals surface area (Å²) < 4.78 is 22.3. The minimum Gasteiger partial charge on any atom is -0.352 e. The highest BCUT2D eigenvalue weighted by molar-refractivity contribution is 7.91. The van der Waals surface area contributed by atoms with Gasteiger partial charge in [-0.3, -0.25) is 4.79 Å². The number of halogens is 1. The Balaban J connectivity index is 2.49. The number of alkyl halides is 1. The zero-order valence-electron chi connectivity index (χ0n) is 8.70. The van der Waals surface area contributed by atoms with Gasteiger partial charge < -0.3 is 5.32 Å². The Kier molecular flexibility index (Phi) is 4.40. The van der Waals surface area contributed by atoms with Crippen molar-refractivity contribution in [1.29, 1.82) is 0 Å². The van der Waals surface area contributed by atoms with E-state index < -0.39 is 9.84 Å². The molecule has 4 nitrogen and oxygen atoms in total. The molecule has 0 saturated carbocycles. The molecule has 1 N–H and O–H groups in total. The molecule has 0 aromatic rings. The Labute approximate surface area is 95.3 Å². The van der Waals surface area contributed by atoms with Gasteiger partial charge in [0.1, 0.15) is 0 Å². The largest absolute Gasteiger partial charge is 0.352 e. The van der Waals surface area contributed by atoms with Crippen LogP contribution in [0, 0.1) is 5.92 Å². The monoisotopic (exact) mass is 253 g/mol. The van der Waals surface area contributed by atoms with Crippen LogP contribution < -0.4 is 5.32 Å². The van der Waals surface area contributed by atoms with Gasteiger partial charge in [0.05, 0.1) is 17.4 Å². The fraction of sp³-hybridized carbons (Fsp3) is 0.889. The van der Waals surface area contributed by atoms with Crippen molar-refractivity contribution in [2.24, 2.45) is 5.92 Å². The van der Waals surface area contributed by atoms with Crippen LogP contribution in [0.2, 0.25) is 0 Å². The molecule has 1 rings (SSSR count). The molecule has 15 heavy (non-hydrogen) atoms. The summed E-state index contributed by atoms with van der Waals surface area (Å²) >= 11 is 5.64. The Morgan fingerprint density at radius 1 is 1.60 bits per heavy atom. The first kappa shape index (κ1) is 12.8. The van der Waals surface area contributed by atoms with Gasteiger partial charge in [-0.05, 0) is 12.8 Å². The minimum atomic E-state index is -2.98. The molecule has 0 aromatic carbocycles. The molecule has 0 bridgehead atoms. The van der Waals surface area contributed by atoms with Gasteiger partial charge in [0.25, 0.3) is 0 Å². The molecule has 1 saturated heterocycles. The van der Waals surface area contributed by atoms with Crippen LogP contribution in [0.15, 0.2) is 0 Å². The Morgan fingerprint density at radius 3 is 2.67 bits per heavy atom. The zero-order valence-corrected chi connectivity index (χ0v) is 10.3. The van der Waals surface area contributed by atoms with E-state index in [1.807, 2.05) is 6.92 Å². The van der Waals surface area contributed by atoms with E-state index in [4.69, 9.17) is 11.6 Å². The van der Waals surface area contributed by atoms with Gasteiger partial charge in [-0.2, -0.15) is 0 Å². The fourth-order valence-electron chi connectivity index (χ4n) is 1.57. The van der Waals surface area contributed by atoms with Crippen molar-refractivity contribution < 1.29 is 13.2 Å². The molecule has 1 aliphatic heterocycles. The highest BCUT2D eigenvalue weighted by Crippen LogP contribution is 2.18. The van der Waals surface area contributed by atoms with E-state index in [9.17, 15) is 13.2 Å². The maximum absolute atomic E-state index is 11.6. The number of carbonyl (C=O) groups excluding carboxylic acids is 1. The third kappa shape index (κ3) is 3.65. The lowest BCUT2D eigenvalue weighted by molar-refractivity contribution is -0.124. The molecule has 0 spiro atoms. The van der Waals surface area contributed by atoms with Gasteiger partial charge in [0, 0.05) is 11.9 Å². The van der Waals surface area contributed by atoms with E-state index in [1.165, 1.54) is 0 Å². The summed E-state index contributed by atoms with van der Waals surface area (Å²) in [5.41, 5.74) is 0. The number of carbonyl (C=O) groups is 1. The van der Waals surface area contributed by atoms with Crippen molar-refractivity contribution in [1.82, 2.24) is 5.32 Å². The number of nitrogens with one attached hydrogen (secondary N) is 1. The lowest BCUT2D eigenvalue weighted by atomic mass is 10.1. The van der Waals surface area contributed by atoms with E-state index in [-0.39, 0.29) is 29.4 Å². The fourth-order valence-corrected chi connectivity index (χ4v) is 3.61. The first-order valence-corrected chi connectivity index (χ1v) is 7.41.